The molecule has 0 aliphatic carbocycles. The standard InChI is InChI=1S/C23H23N3O6/c1-15(27)25-12-18-19(24-23(30)32-14-17-10-6-3-7-11-17)21(28)26(18)20(25)22(29)31-13-16-8-4-2-5-9-16/h2-11,18-20H,12-14H2,1H3,(H,24,30). The number of carbonyl (C=O) groups is 4. The number of β-lactam (4-membered cyclic amide) rings is 1. The summed E-state index contributed by atoms with van der Waals surface area (Å²) >= 11 is 0. The lowest BCUT2D eigenvalue weighted by molar-refractivity contribution is -0.169. The van der Waals surface area contributed by atoms with Crippen molar-refractivity contribution in [1.82, 2.24) is 15.1 Å². The van der Waals surface area contributed by atoms with Crippen molar-refractivity contribution in [1.29, 1.82) is 0 Å². The summed E-state index contributed by atoms with van der Waals surface area (Å²) in [6, 6.07) is 16.9. The van der Waals surface area contributed by atoms with Crippen LogP contribution in [0.1, 0.15) is 18.1 Å². The maximum absolute atomic E-state index is 12.7. The van der Waals surface area contributed by atoms with E-state index >= 15 is 0 Å². The largest absolute Gasteiger partial charge is 0.458 e. The summed E-state index contributed by atoms with van der Waals surface area (Å²) in [4.78, 5) is 52.3. The fraction of sp³-hybridized carbons (Fsp3) is 0.304. The molecule has 2 heterocycles. The van der Waals surface area contributed by atoms with E-state index in [0.717, 1.165) is 11.1 Å². The monoisotopic (exact) mass is 437 g/mol. The molecule has 0 aromatic heterocycles. The highest BCUT2D eigenvalue weighted by atomic mass is 16.5. The van der Waals surface area contributed by atoms with Crippen LogP contribution < -0.4 is 5.32 Å². The molecule has 166 valence electrons. The van der Waals surface area contributed by atoms with E-state index in [1.54, 1.807) is 0 Å². The molecular formula is C23H23N3O6. The van der Waals surface area contributed by atoms with Crippen LogP contribution in [0.4, 0.5) is 4.79 Å². The fourth-order valence-electron chi connectivity index (χ4n) is 3.91. The quantitative estimate of drug-likeness (QED) is 0.541. The van der Waals surface area contributed by atoms with Gasteiger partial charge in [0.1, 0.15) is 19.3 Å². The maximum Gasteiger partial charge on any atom is 0.408 e. The Morgan fingerprint density at radius 1 is 0.938 bits per heavy atom. The number of amides is 3. The second-order valence-electron chi connectivity index (χ2n) is 7.63. The predicted octanol–water partition coefficient (Wildman–Crippen LogP) is 1.42. The van der Waals surface area contributed by atoms with Gasteiger partial charge in [0.15, 0.2) is 0 Å². The van der Waals surface area contributed by atoms with Crippen LogP contribution in [0, 0.1) is 0 Å². The molecule has 2 aromatic rings. The number of carbonyl (C=O) groups excluding carboxylic acids is 4. The summed E-state index contributed by atoms with van der Waals surface area (Å²) in [6.45, 7) is 1.54. The summed E-state index contributed by atoms with van der Waals surface area (Å²) < 4.78 is 10.5. The first kappa shape index (κ1) is 21.4. The highest BCUT2D eigenvalue weighted by molar-refractivity contribution is 5.98. The number of ether oxygens (including phenoxy) is 2. The molecule has 3 amide bonds. The molecule has 3 unspecified atom stereocenters. The first-order valence-electron chi connectivity index (χ1n) is 10.2. The molecule has 9 heteroatoms. The number of hydrogen-bond acceptors (Lipinski definition) is 6. The molecule has 0 saturated carbocycles. The number of nitrogens with one attached hydrogen (secondary N) is 1. The van der Waals surface area contributed by atoms with E-state index in [1.807, 2.05) is 60.7 Å². The Kier molecular flexibility index (Phi) is 6.07. The third kappa shape index (κ3) is 4.27. The van der Waals surface area contributed by atoms with Crippen molar-refractivity contribution in [2.45, 2.75) is 38.4 Å². The predicted molar refractivity (Wildman–Crippen MR) is 112 cm³/mol. The van der Waals surface area contributed by atoms with Crippen LogP contribution in [0.25, 0.3) is 0 Å². The lowest BCUT2D eigenvalue weighted by Gasteiger charge is -2.43. The van der Waals surface area contributed by atoms with Gasteiger partial charge in [-0.15, -0.1) is 0 Å². The van der Waals surface area contributed by atoms with Crippen molar-refractivity contribution in [3.05, 3.63) is 71.8 Å². The SMILES string of the molecule is CC(=O)N1CC2C(NC(=O)OCc3ccccc3)C(=O)N2C1C(=O)OCc1ccccc1. The van der Waals surface area contributed by atoms with Gasteiger partial charge in [0, 0.05) is 13.5 Å². The molecule has 0 spiro atoms. The molecule has 2 aromatic carbocycles. The Morgan fingerprint density at radius 2 is 1.50 bits per heavy atom. The number of alkyl carbamates (subject to hydrolysis) is 1. The highest BCUT2D eigenvalue weighted by Gasteiger charge is 2.61. The number of fused-ring (bicyclic) bond motifs is 1. The van der Waals surface area contributed by atoms with Gasteiger partial charge in [0.05, 0.1) is 6.04 Å². The van der Waals surface area contributed by atoms with E-state index in [4.69, 9.17) is 9.47 Å². The van der Waals surface area contributed by atoms with Gasteiger partial charge in [-0.1, -0.05) is 60.7 Å². The third-order valence-corrected chi connectivity index (χ3v) is 5.53. The van der Waals surface area contributed by atoms with Crippen molar-refractivity contribution in [3.8, 4) is 0 Å². The van der Waals surface area contributed by atoms with Gasteiger partial charge in [0.25, 0.3) is 0 Å². The van der Waals surface area contributed by atoms with Crippen LogP contribution in [0.5, 0.6) is 0 Å². The zero-order valence-corrected chi connectivity index (χ0v) is 17.5. The molecule has 3 atom stereocenters. The summed E-state index contributed by atoms with van der Waals surface area (Å²) in [7, 11) is 0. The Hall–Kier alpha value is -3.88. The summed E-state index contributed by atoms with van der Waals surface area (Å²) in [5, 5.41) is 2.54. The first-order chi connectivity index (χ1) is 15.5. The smallest absolute Gasteiger partial charge is 0.408 e. The van der Waals surface area contributed by atoms with Crippen LogP contribution in [-0.4, -0.2) is 58.5 Å². The normalized spacial score (nSPS) is 21.4. The summed E-state index contributed by atoms with van der Waals surface area (Å²) in [6.07, 6.45) is -1.89. The minimum Gasteiger partial charge on any atom is -0.458 e. The number of esters is 1. The van der Waals surface area contributed by atoms with Gasteiger partial charge >= 0.3 is 12.1 Å². The zero-order valence-electron chi connectivity index (χ0n) is 17.5. The molecular weight excluding hydrogens is 414 g/mol. The Morgan fingerprint density at radius 3 is 2.06 bits per heavy atom. The number of hydrogen-bond donors (Lipinski definition) is 1. The van der Waals surface area contributed by atoms with Gasteiger partial charge in [-0.2, -0.15) is 0 Å². The zero-order chi connectivity index (χ0) is 22.7. The van der Waals surface area contributed by atoms with E-state index < -0.39 is 36.2 Å². The average molecular weight is 437 g/mol. The maximum atomic E-state index is 12.7. The van der Waals surface area contributed by atoms with Crippen LogP contribution >= 0.6 is 0 Å². The number of benzene rings is 2. The van der Waals surface area contributed by atoms with Crippen LogP contribution in [0.15, 0.2) is 60.7 Å². The summed E-state index contributed by atoms with van der Waals surface area (Å²) in [5.41, 5.74) is 1.61. The Labute approximate surface area is 184 Å². The Balaban J connectivity index is 1.37. The number of nitrogens with zero attached hydrogens (tertiary/aromatic N) is 2. The van der Waals surface area contributed by atoms with E-state index in [2.05, 4.69) is 5.32 Å². The minimum absolute atomic E-state index is 0.0299. The molecule has 2 aliphatic heterocycles. The lowest BCUT2D eigenvalue weighted by Crippen LogP contribution is -2.71. The molecule has 9 nitrogen and oxygen atoms in total. The molecule has 2 saturated heterocycles. The molecule has 0 radical (unpaired) electrons. The third-order valence-electron chi connectivity index (χ3n) is 5.53. The average Bonchev–Trinajstić information content (AvgIpc) is 3.18. The van der Waals surface area contributed by atoms with E-state index in [-0.39, 0.29) is 25.7 Å². The van der Waals surface area contributed by atoms with E-state index in [9.17, 15) is 19.2 Å². The van der Waals surface area contributed by atoms with Gasteiger partial charge < -0.3 is 24.6 Å². The Bertz CT molecular complexity index is 1010. The van der Waals surface area contributed by atoms with E-state index in [1.165, 1.54) is 16.7 Å². The fourth-order valence-corrected chi connectivity index (χ4v) is 3.91. The van der Waals surface area contributed by atoms with Crippen molar-refractivity contribution in [3.63, 3.8) is 0 Å². The van der Waals surface area contributed by atoms with Crippen LogP contribution in [0.3, 0.4) is 0 Å². The highest BCUT2D eigenvalue weighted by Crippen LogP contribution is 2.33. The van der Waals surface area contributed by atoms with E-state index in [0.29, 0.717) is 0 Å². The van der Waals surface area contributed by atoms with Crippen LogP contribution in [-0.2, 0) is 37.1 Å². The molecule has 4 rings (SSSR count). The van der Waals surface area contributed by atoms with Gasteiger partial charge in [-0.3, -0.25) is 9.59 Å². The first-order valence-corrected chi connectivity index (χ1v) is 10.2. The van der Waals surface area contributed by atoms with Crippen molar-refractivity contribution < 1.29 is 28.7 Å². The second-order valence-corrected chi connectivity index (χ2v) is 7.63. The van der Waals surface area contributed by atoms with Crippen molar-refractivity contribution in [2.24, 2.45) is 0 Å². The molecule has 2 aliphatic rings. The summed E-state index contributed by atoms with van der Waals surface area (Å²) in [5.74, 6) is -1.51. The minimum atomic E-state index is -1.15. The van der Waals surface area contributed by atoms with Crippen molar-refractivity contribution in [2.75, 3.05) is 6.54 Å². The molecule has 1 N–H and O–H groups in total. The van der Waals surface area contributed by atoms with Crippen LogP contribution in [0.2, 0.25) is 0 Å². The van der Waals surface area contributed by atoms with Gasteiger partial charge in [-0.05, 0) is 11.1 Å². The topological polar surface area (TPSA) is 105 Å². The van der Waals surface area contributed by atoms with Gasteiger partial charge in [0.2, 0.25) is 18.0 Å². The lowest BCUT2D eigenvalue weighted by atomic mass is 9.97. The van der Waals surface area contributed by atoms with Gasteiger partial charge in [-0.25, -0.2) is 9.59 Å². The van der Waals surface area contributed by atoms with Crippen molar-refractivity contribution >= 4 is 23.9 Å². The number of rotatable bonds is 6. The molecule has 0 bridgehead atoms. The second kappa shape index (κ2) is 9.09. The molecule has 32 heavy (non-hydrogen) atoms. The molecule has 2 fully saturated rings.